The SMILES string of the molecule is CCOC(=O)CNS(=O)(=O)c1sccc1Br. The number of hydrogen-bond donors (Lipinski definition) is 1. The maximum atomic E-state index is 11.7. The van der Waals surface area contributed by atoms with Crippen molar-refractivity contribution < 1.29 is 17.9 Å². The van der Waals surface area contributed by atoms with Crippen LogP contribution in [0.5, 0.6) is 0 Å². The van der Waals surface area contributed by atoms with Crippen LogP contribution in [0.25, 0.3) is 0 Å². The van der Waals surface area contributed by atoms with Crippen LogP contribution < -0.4 is 4.72 Å². The third-order valence-corrected chi connectivity index (χ3v) is 5.61. The van der Waals surface area contributed by atoms with Crippen molar-refractivity contribution in [3.63, 3.8) is 0 Å². The lowest BCUT2D eigenvalue weighted by molar-refractivity contribution is -0.141. The van der Waals surface area contributed by atoms with E-state index in [9.17, 15) is 13.2 Å². The maximum Gasteiger partial charge on any atom is 0.321 e. The Morgan fingerprint density at radius 2 is 2.31 bits per heavy atom. The monoisotopic (exact) mass is 327 g/mol. The van der Waals surface area contributed by atoms with Gasteiger partial charge < -0.3 is 4.74 Å². The Morgan fingerprint density at radius 1 is 1.62 bits per heavy atom. The van der Waals surface area contributed by atoms with Crippen molar-refractivity contribution >= 4 is 43.3 Å². The van der Waals surface area contributed by atoms with E-state index in [1.54, 1.807) is 18.4 Å². The van der Waals surface area contributed by atoms with Crippen LogP contribution in [0.1, 0.15) is 6.92 Å². The summed E-state index contributed by atoms with van der Waals surface area (Å²) in [6.45, 7) is 1.52. The van der Waals surface area contributed by atoms with Crippen LogP contribution in [-0.2, 0) is 19.6 Å². The van der Waals surface area contributed by atoms with E-state index in [-0.39, 0.29) is 17.4 Å². The molecule has 90 valence electrons. The highest BCUT2D eigenvalue weighted by atomic mass is 79.9. The van der Waals surface area contributed by atoms with Gasteiger partial charge in [-0.15, -0.1) is 11.3 Å². The van der Waals surface area contributed by atoms with Crippen LogP contribution in [0.2, 0.25) is 0 Å². The number of esters is 1. The molecule has 0 unspecified atom stereocenters. The van der Waals surface area contributed by atoms with Crippen molar-refractivity contribution in [1.82, 2.24) is 4.72 Å². The molecule has 0 bridgehead atoms. The van der Waals surface area contributed by atoms with Crippen LogP contribution >= 0.6 is 27.3 Å². The zero-order valence-corrected chi connectivity index (χ0v) is 11.6. The summed E-state index contributed by atoms with van der Waals surface area (Å²) in [7, 11) is -3.64. The Bertz CT molecular complexity index is 468. The summed E-state index contributed by atoms with van der Waals surface area (Å²) in [6.07, 6.45) is 0. The van der Waals surface area contributed by atoms with E-state index in [4.69, 9.17) is 0 Å². The van der Waals surface area contributed by atoms with Gasteiger partial charge in [0.1, 0.15) is 10.8 Å². The number of sulfonamides is 1. The van der Waals surface area contributed by atoms with Crippen molar-refractivity contribution in [3.8, 4) is 0 Å². The Hall–Kier alpha value is -0.440. The third-order valence-electron chi connectivity index (χ3n) is 1.54. The molecule has 1 aromatic heterocycles. The summed E-state index contributed by atoms with van der Waals surface area (Å²) in [4.78, 5) is 11.0. The molecule has 0 radical (unpaired) electrons. The highest BCUT2D eigenvalue weighted by molar-refractivity contribution is 9.10. The lowest BCUT2D eigenvalue weighted by atomic mass is 10.7. The average molecular weight is 328 g/mol. The van der Waals surface area contributed by atoms with Crippen LogP contribution in [-0.4, -0.2) is 27.5 Å². The number of rotatable bonds is 5. The van der Waals surface area contributed by atoms with E-state index in [2.05, 4.69) is 25.4 Å². The van der Waals surface area contributed by atoms with Gasteiger partial charge in [0.15, 0.2) is 0 Å². The molecule has 0 atom stereocenters. The molecule has 1 aromatic rings. The predicted molar refractivity (Wildman–Crippen MR) is 63.8 cm³/mol. The molecule has 0 spiro atoms. The minimum absolute atomic E-state index is 0.150. The van der Waals surface area contributed by atoms with Crippen LogP contribution in [0.3, 0.4) is 0 Å². The second-order valence-corrected chi connectivity index (χ2v) is 6.42. The molecule has 0 aliphatic heterocycles. The van der Waals surface area contributed by atoms with Crippen LogP contribution in [0, 0.1) is 0 Å². The van der Waals surface area contributed by atoms with E-state index >= 15 is 0 Å². The van der Waals surface area contributed by atoms with E-state index in [1.165, 1.54) is 0 Å². The van der Waals surface area contributed by atoms with Gasteiger partial charge >= 0.3 is 5.97 Å². The fourth-order valence-electron chi connectivity index (χ4n) is 0.903. The maximum absolute atomic E-state index is 11.7. The molecule has 0 fully saturated rings. The third kappa shape index (κ3) is 3.55. The molecule has 5 nitrogen and oxygen atoms in total. The molecule has 1 heterocycles. The minimum atomic E-state index is -3.64. The lowest BCUT2D eigenvalue weighted by Gasteiger charge is -2.04. The Balaban J connectivity index is 2.67. The normalized spacial score (nSPS) is 11.4. The summed E-state index contributed by atoms with van der Waals surface area (Å²) in [5, 5.41) is 1.64. The van der Waals surface area contributed by atoms with Crippen molar-refractivity contribution in [3.05, 3.63) is 15.9 Å². The topological polar surface area (TPSA) is 72.5 Å². The molecule has 8 heteroatoms. The van der Waals surface area contributed by atoms with Crippen molar-refractivity contribution in [1.29, 1.82) is 0 Å². The van der Waals surface area contributed by atoms with Gasteiger partial charge in [-0.25, -0.2) is 8.42 Å². The van der Waals surface area contributed by atoms with E-state index in [0.29, 0.717) is 4.47 Å². The number of ether oxygens (including phenoxy) is 1. The highest BCUT2D eigenvalue weighted by Crippen LogP contribution is 2.27. The molecule has 16 heavy (non-hydrogen) atoms. The Kier molecular flexibility index (Phi) is 4.90. The van der Waals surface area contributed by atoms with Gasteiger partial charge in [0.05, 0.1) is 6.61 Å². The first kappa shape index (κ1) is 13.6. The fourth-order valence-corrected chi connectivity index (χ4v) is 4.25. The summed E-state index contributed by atoms with van der Waals surface area (Å²) in [5.74, 6) is -0.598. The minimum Gasteiger partial charge on any atom is -0.465 e. The first-order chi connectivity index (χ1) is 7.47. The molecule has 1 N–H and O–H groups in total. The zero-order valence-electron chi connectivity index (χ0n) is 8.40. The largest absolute Gasteiger partial charge is 0.465 e. The summed E-state index contributed by atoms with van der Waals surface area (Å²) in [5.41, 5.74) is 0. The van der Waals surface area contributed by atoms with Crippen LogP contribution in [0.4, 0.5) is 0 Å². The summed E-state index contributed by atoms with van der Waals surface area (Å²) < 4.78 is 30.8. The van der Waals surface area contributed by atoms with Crippen molar-refractivity contribution in [2.45, 2.75) is 11.1 Å². The molecular formula is C8H10BrNO4S2. The fraction of sp³-hybridized carbons (Fsp3) is 0.375. The molecule has 0 aliphatic rings. The zero-order chi connectivity index (χ0) is 12.2. The Morgan fingerprint density at radius 3 is 2.81 bits per heavy atom. The van der Waals surface area contributed by atoms with Gasteiger partial charge in [0, 0.05) is 4.47 Å². The molecule has 0 saturated heterocycles. The number of nitrogens with one attached hydrogen (secondary N) is 1. The van der Waals surface area contributed by atoms with Gasteiger partial charge in [0.2, 0.25) is 0 Å². The van der Waals surface area contributed by atoms with Gasteiger partial charge in [-0.2, -0.15) is 4.72 Å². The molecule has 0 amide bonds. The van der Waals surface area contributed by atoms with Gasteiger partial charge in [-0.3, -0.25) is 4.79 Å². The van der Waals surface area contributed by atoms with Gasteiger partial charge in [0.25, 0.3) is 10.0 Å². The Labute approximate surface area is 106 Å². The van der Waals surface area contributed by atoms with Crippen LogP contribution in [0.15, 0.2) is 20.1 Å². The highest BCUT2D eigenvalue weighted by Gasteiger charge is 2.20. The molecule has 0 aliphatic carbocycles. The predicted octanol–water partition coefficient (Wildman–Crippen LogP) is 1.35. The van der Waals surface area contributed by atoms with Crippen molar-refractivity contribution in [2.75, 3.05) is 13.2 Å². The quantitative estimate of drug-likeness (QED) is 0.828. The van der Waals surface area contributed by atoms with E-state index in [0.717, 1.165) is 11.3 Å². The lowest BCUT2D eigenvalue weighted by Crippen LogP contribution is -2.30. The summed E-state index contributed by atoms with van der Waals surface area (Å²) >= 11 is 4.19. The number of halogens is 1. The summed E-state index contributed by atoms with van der Waals surface area (Å²) in [6, 6.07) is 1.63. The second-order valence-electron chi connectivity index (χ2n) is 2.69. The molecule has 0 saturated carbocycles. The molecule has 0 aromatic carbocycles. The number of hydrogen-bond acceptors (Lipinski definition) is 5. The number of thiophene rings is 1. The van der Waals surface area contributed by atoms with E-state index < -0.39 is 16.0 Å². The first-order valence-corrected chi connectivity index (χ1v) is 7.51. The second kappa shape index (κ2) is 5.76. The van der Waals surface area contributed by atoms with Crippen molar-refractivity contribution in [2.24, 2.45) is 0 Å². The molecular weight excluding hydrogens is 318 g/mol. The van der Waals surface area contributed by atoms with Gasteiger partial charge in [-0.05, 0) is 34.3 Å². The smallest absolute Gasteiger partial charge is 0.321 e. The standard InChI is InChI=1S/C8H10BrNO4S2/c1-2-14-7(11)5-10-16(12,13)8-6(9)3-4-15-8/h3-4,10H,2,5H2,1H3. The van der Waals surface area contributed by atoms with Gasteiger partial charge in [-0.1, -0.05) is 0 Å². The van der Waals surface area contributed by atoms with E-state index in [1.807, 2.05) is 0 Å². The average Bonchev–Trinajstić information content (AvgIpc) is 2.63. The number of carbonyl (C=O) groups excluding carboxylic acids is 1. The number of carbonyl (C=O) groups is 1. The molecule has 1 rings (SSSR count). The first-order valence-electron chi connectivity index (χ1n) is 4.35.